The van der Waals surface area contributed by atoms with Gasteiger partial charge in [0.1, 0.15) is 15.7 Å². The van der Waals surface area contributed by atoms with Gasteiger partial charge in [0.25, 0.3) is 5.69 Å². The largest absolute Gasteiger partial charge is 0.340 e. The van der Waals surface area contributed by atoms with Crippen molar-refractivity contribution in [2.75, 3.05) is 0 Å². The third-order valence-electron chi connectivity index (χ3n) is 4.09. The second kappa shape index (κ2) is 6.06. The molecule has 0 fully saturated rings. The molecule has 0 bridgehead atoms. The fraction of sp³-hybridized carbons (Fsp3) is 0.188. The fourth-order valence-corrected chi connectivity index (χ4v) is 4.15. The number of H-pyrrole nitrogens is 1. The van der Waals surface area contributed by atoms with Gasteiger partial charge in [0, 0.05) is 23.5 Å². The lowest BCUT2D eigenvalue weighted by Crippen LogP contribution is -1.98. The Morgan fingerprint density at radius 2 is 2.04 bits per heavy atom. The highest BCUT2D eigenvalue weighted by Gasteiger charge is 2.23. The van der Waals surface area contributed by atoms with Crippen LogP contribution in [0.5, 0.6) is 0 Å². The average molecular weight is 433 g/mol. The minimum Gasteiger partial charge on any atom is -0.340 e. The first-order chi connectivity index (χ1) is 12.3. The van der Waals surface area contributed by atoms with Crippen LogP contribution in [-0.2, 0) is 0 Å². The van der Waals surface area contributed by atoms with Gasteiger partial charge in [-0.3, -0.25) is 14.5 Å². The summed E-state index contributed by atoms with van der Waals surface area (Å²) in [5.74, 6) is 1.14. The van der Waals surface area contributed by atoms with Crippen LogP contribution in [0.3, 0.4) is 0 Å². The molecule has 0 amide bonds. The molecule has 10 heteroatoms. The molecule has 1 aromatic carbocycles. The third kappa shape index (κ3) is 2.65. The van der Waals surface area contributed by atoms with E-state index in [-0.39, 0.29) is 5.69 Å². The molecular weight excluding hydrogens is 420 g/mol. The van der Waals surface area contributed by atoms with Crippen molar-refractivity contribution in [3.63, 3.8) is 0 Å². The molecule has 4 aromatic rings. The minimum atomic E-state index is -0.447. The number of nitro benzene ring substituents is 1. The zero-order chi connectivity index (χ0) is 18.6. The summed E-state index contributed by atoms with van der Waals surface area (Å²) in [7, 11) is 0. The van der Waals surface area contributed by atoms with Crippen LogP contribution in [0, 0.1) is 24.0 Å². The molecule has 1 atom stereocenters. The van der Waals surface area contributed by atoms with Crippen molar-refractivity contribution in [1.29, 1.82) is 0 Å². The van der Waals surface area contributed by atoms with Gasteiger partial charge in [-0.05, 0) is 41.9 Å². The van der Waals surface area contributed by atoms with Gasteiger partial charge < -0.3 is 4.98 Å². The summed E-state index contributed by atoms with van der Waals surface area (Å²) in [4.78, 5) is 27.1. The average Bonchev–Trinajstić information content (AvgIpc) is 3.14. The zero-order valence-electron chi connectivity index (χ0n) is 13.8. The Balaban J connectivity index is 1.82. The summed E-state index contributed by atoms with van der Waals surface area (Å²) in [6.45, 7) is 3.89. The van der Waals surface area contributed by atoms with E-state index in [0.717, 1.165) is 16.0 Å². The van der Waals surface area contributed by atoms with Crippen molar-refractivity contribution >= 4 is 51.1 Å². The normalized spacial score (nSPS) is 12.8. The quantitative estimate of drug-likeness (QED) is 0.290. The molecule has 0 radical (unpaired) electrons. The molecule has 0 aliphatic carbocycles. The Hall–Kier alpha value is -2.46. The van der Waals surface area contributed by atoms with Crippen molar-refractivity contribution in [3.05, 3.63) is 61.9 Å². The monoisotopic (exact) mass is 432 g/mol. The van der Waals surface area contributed by atoms with Crippen LogP contribution in [0.25, 0.3) is 16.8 Å². The summed E-state index contributed by atoms with van der Waals surface area (Å²) in [6, 6.07) is 6.47. The van der Waals surface area contributed by atoms with Crippen molar-refractivity contribution in [3.8, 4) is 0 Å². The molecule has 132 valence electrons. The Morgan fingerprint density at radius 3 is 2.77 bits per heavy atom. The van der Waals surface area contributed by atoms with E-state index in [9.17, 15) is 10.1 Å². The standard InChI is InChI=1S/C16H13BrN6O2S/c1-7-5-8(2)22-14(17)12(21-16(22)18-7)13(26)15-19-10-4-3-9(23(24)25)6-11(10)20-15/h3-6,13,26H,1-2H3,(H,19,20). The third-order valence-corrected chi connectivity index (χ3v) is 5.34. The first-order valence-corrected chi connectivity index (χ1v) is 9.00. The first-order valence-electron chi connectivity index (χ1n) is 7.69. The topological polar surface area (TPSA) is 102 Å². The summed E-state index contributed by atoms with van der Waals surface area (Å²) < 4.78 is 2.66. The number of nitro groups is 1. The van der Waals surface area contributed by atoms with E-state index < -0.39 is 10.2 Å². The molecule has 1 N–H and O–H groups in total. The number of hydrogen-bond donors (Lipinski definition) is 2. The number of benzene rings is 1. The van der Waals surface area contributed by atoms with Crippen LogP contribution in [0.4, 0.5) is 5.69 Å². The number of imidazole rings is 2. The highest BCUT2D eigenvalue weighted by molar-refractivity contribution is 9.10. The Bertz CT molecular complexity index is 1180. The number of nitrogens with one attached hydrogen (secondary N) is 1. The van der Waals surface area contributed by atoms with E-state index in [1.54, 1.807) is 6.07 Å². The van der Waals surface area contributed by atoms with E-state index in [4.69, 9.17) is 0 Å². The van der Waals surface area contributed by atoms with E-state index in [1.165, 1.54) is 12.1 Å². The molecule has 8 nitrogen and oxygen atoms in total. The number of hydrogen-bond acceptors (Lipinski definition) is 6. The molecule has 4 rings (SSSR count). The second-order valence-electron chi connectivity index (χ2n) is 5.95. The number of aromatic nitrogens is 5. The van der Waals surface area contributed by atoms with E-state index in [1.807, 2.05) is 24.3 Å². The van der Waals surface area contributed by atoms with Gasteiger partial charge in [-0.1, -0.05) is 0 Å². The number of fused-ring (bicyclic) bond motifs is 2. The van der Waals surface area contributed by atoms with Crippen molar-refractivity contribution in [1.82, 2.24) is 24.3 Å². The first kappa shape index (κ1) is 17.0. The molecule has 0 spiro atoms. The molecule has 1 unspecified atom stereocenters. The van der Waals surface area contributed by atoms with Crippen LogP contribution in [0.2, 0.25) is 0 Å². The lowest BCUT2D eigenvalue weighted by atomic mass is 10.3. The van der Waals surface area contributed by atoms with Gasteiger partial charge in [0.05, 0.1) is 21.7 Å². The molecule has 3 aromatic heterocycles. The van der Waals surface area contributed by atoms with Gasteiger partial charge >= 0.3 is 0 Å². The van der Waals surface area contributed by atoms with Crippen LogP contribution in [-0.4, -0.2) is 29.3 Å². The van der Waals surface area contributed by atoms with Crippen LogP contribution in [0.1, 0.15) is 28.2 Å². The zero-order valence-corrected chi connectivity index (χ0v) is 16.2. The smallest absolute Gasteiger partial charge is 0.271 e. The molecule has 0 saturated heterocycles. The maximum atomic E-state index is 10.9. The Morgan fingerprint density at radius 1 is 1.27 bits per heavy atom. The highest BCUT2D eigenvalue weighted by Crippen LogP contribution is 2.33. The van der Waals surface area contributed by atoms with Gasteiger partial charge in [0.15, 0.2) is 0 Å². The highest BCUT2D eigenvalue weighted by atomic mass is 79.9. The number of aromatic amines is 1. The lowest BCUT2D eigenvalue weighted by Gasteiger charge is -2.05. The molecule has 3 heterocycles. The molecule has 0 aliphatic heterocycles. The molecule has 0 aliphatic rings. The van der Waals surface area contributed by atoms with E-state index in [0.29, 0.717) is 28.3 Å². The molecular formula is C16H13BrN6O2S. The van der Waals surface area contributed by atoms with Gasteiger partial charge in [-0.2, -0.15) is 12.6 Å². The summed E-state index contributed by atoms with van der Waals surface area (Å²) in [6.07, 6.45) is 0. The molecule has 0 saturated carbocycles. The molecule has 26 heavy (non-hydrogen) atoms. The van der Waals surface area contributed by atoms with Crippen molar-refractivity contribution in [2.45, 2.75) is 19.1 Å². The van der Waals surface area contributed by atoms with Gasteiger partial charge in [-0.25, -0.2) is 15.0 Å². The van der Waals surface area contributed by atoms with Gasteiger partial charge in [0.2, 0.25) is 5.78 Å². The fourth-order valence-electron chi connectivity index (χ4n) is 2.91. The predicted octanol–water partition coefficient (Wildman–Crippen LogP) is 3.91. The maximum Gasteiger partial charge on any atom is 0.271 e. The summed E-state index contributed by atoms with van der Waals surface area (Å²) in [5.41, 5.74) is 3.77. The predicted molar refractivity (Wildman–Crippen MR) is 104 cm³/mol. The van der Waals surface area contributed by atoms with Crippen LogP contribution < -0.4 is 0 Å². The van der Waals surface area contributed by atoms with Crippen LogP contribution >= 0.6 is 28.6 Å². The minimum absolute atomic E-state index is 0.00706. The number of rotatable bonds is 3. The number of non-ortho nitro benzene ring substituents is 1. The van der Waals surface area contributed by atoms with E-state index in [2.05, 4.69) is 48.5 Å². The van der Waals surface area contributed by atoms with Crippen molar-refractivity contribution < 1.29 is 4.92 Å². The Labute approximate surface area is 161 Å². The lowest BCUT2D eigenvalue weighted by molar-refractivity contribution is -0.384. The van der Waals surface area contributed by atoms with E-state index >= 15 is 0 Å². The van der Waals surface area contributed by atoms with Crippen LogP contribution in [0.15, 0.2) is 28.9 Å². The second-order valence-corrected chi connectivity index (χ2v) is 7.21. The SMILES string of the molecule is Cc1cc(C)n2c(Br)c(C(S)c3nc4ccc([N+](=O)[O-])cc4[nH]3)nc2n1. The number of aryl methyl sites for hydroxylation is 2. The number of thiol groups is 1. The number of halogens is 1. The summed E-state index contributed by atoms with van der Waals surface area (Å²) in [5, 5.41) is 10.5. The Kier molecular flexibility index (Phi) is 3.96. The summed E-state index contributed by atoms with van der Waals surface area (Å²) >= 11 is 8.25. The number of nitrogens with zero attached hydrogens (tertiary/aromatic N) is 5. The van der Waals surface area contributed by atoms with Crippen molar-refractivity contribution in [2.24, 2.45) is 0 Å². The maximum absolute atomic E-state index is 10.9. The van der Waals surface area contributed by atoms with Gasteiger partial charge in [-0.15, -0.1) is 0 Å².